The molecule has 0 atom stereocenters. The molecular weight excluding hydrogens is 420 g/mol. The van der Waals surface area contributed by atoms with Crippen LogP contribution in [0.1, 0.15) is 69.2 Å². The number of pyridine rings is 1. The molecule has 8 nitrogen and oxygen atoms in total. The van der Waals surface area contributed by atoms with Gasteiger partial charge in [0.2, 0.25) is 5.91 Å². The van der Waals surface area contributed by atoms with Crippen molar-refractivity contribution in [3.63, 3.8) is 0 Å². The number of ether oxygens (including phenoxy) is 1. The second-order valence-corrected chi connectivity index (χ2v) is 8.38. The van der Waals surface area contributed by atoms with E-state index in [0.717, 1.165) is 50.2 Å². The number of Topliss-reactive ketones (excluding diaryl/α,β-unsaturated/α-hetero) is 1. The Balaban J connectivity index is 1.57. The van der Waals surface area contributed by atoms with Gasteiger partial charge in [0.25, 0.3) is 5.91 Å². The molecule has 3 N–H and O–H groups in total. The molecule has 2 aromatic rings. The molecule has 0 aliphatic carbocycles. The number of nitrogens with one attached hydrogen (secondary N) is 1. The molecule has 0 unspecified atom stereocenters. The Labute approximate surface area is 194 Å². The molecule has 1 aliphatic rings. The second kappa shape index (κ2) is 11.6. The average Bonchev–Trinajstić information content (AvgIpc) is 2.82. The van der Waals surface area contributed by atoms with E-state index in [1.165, 1.54) is 6.92 Å². The highest BCUT2D eigenvalue weighted by molar-refractivity contribution is 5.98. The van der Waals surface area contributed by atoms with Crippen molar-refractivity contribution in [2.24, 2.45) is 5.73 Å². The van der Waals surface area contributed by atoms with E-state index in [1.54, 1.807) is 37.6 Å². The number of methoxy groups -OCH3 is 1. The molecule has 3 rings (SSSR count). The minimum Gasteiger partial charge on any atom is -0.385 e. The molecule has 1 aromatic heterocycles. The highest BCUT2D eigenvalue weighted by atomic mass is 16.5. The van der Waals surface area contributed by atoms with Crippen molar-refractivity contribution in [3.05, 3.63) is 58.8 Å². The summed E-state index contributed by atoms with van der Waals surface area (Å²) in [6.07, 6.45) is 5.58. The van der Waals surface area contributed by atoms with E-state index in [9.17, 15) is 14.4 Å². The van der Waals surface area contributed by atoms with Crippen LogP contribution in [0, 0.1) is 0 Å². The first-order valence-corrected chi connectivity index (χ1v) is 11.3. The van der Waals surface area contributed by atoms with Crippen molar-refractivity contribution in [2.45, 2.75) is 45.1 Å². The summed E-state index contributed by atoms with van der Waals surface area (Å²) in [6.45, 7) is 3.71. The largest absolute Gasteiger partial charge is 0.385 e. The number of aryl methyl sites for hydroxylation is 1. The highest BCUT2D eigenvalue weighted by Crippen LogP contribution is 2.20. The van der Waals surface area contributed by atoms with Crippen molar-refractivity contribution >= 4 is 23.4 Å². The van der Waals surface area contributed by atoms with Crippen LogP contribution in [-0.4, -0.2) is 55.4 Å². The number of primary amides is 1. The lowest BCUT2D eigenvalue weighted by Gasteiger charge is -2.33. The van der Waals surface area contributed by atoms with Gasteiger partial charge in [0.05, 0.1) is 0 Å². The van der Waals surface area contributed by atoms with Gasteiger partial charge in [-0.05, 0) is 74.9 Å². The summed E-state index contributed by atoms with van der Waals surface area (Å²) < 4.78 is 5.08. The number of benzene rings is 1. The maximum absolute atomic E-state index is 12.9. The number of ketones is 1. The summed E-state index contributed by atoms with van der Waals surface area (Å²) in [5.41, 5.74) is 7.90. The van der Waals surface area contributed by atoms with Gasteiger partial charge in [-0.1, -0.05) is 0 Å². The molecule has 0 bridgehead atoms. The molecular formula is C25H32N4O4. The zero-order valence-electron chi connectivity index (χ0n) is 19.3. The average molecular weight is 453 g/mol. The first kappa shape index (κ1) is 24.4. The van der Waals surface area contributed by atoms with Gasteiger partial charge < -0.3 is 20.7 Å². The van der Waals surface area contributed by atoms with Gasteiger partial charge in [0.15, 0.2) is 5.78 Å². The fourth-order valence-corrected chi connectivity index (χ4v) is 4.05. The van der Waals surface area contributed by atoms with Crippen LogP contribution in [0.3, 0.4) is 0 Å². The molecule has 33 heavy (non-hydrogen) atoms. The molecule has 1 fully saturated rings. The van der Waals surface area contributed by atoms with Crippen LogP contribution in [0.15, 0.2) is 36.5 Å². The van der Waals surface area contributed by atoms with E-state index in [1.807, 2.05) is 6.07 Å². The first-order valence-electron chi connectivity index (χ1n) is 11.3. The third-order valence-electron chi connectivity index (χ3n) is 5.99. The highest BCUT2D eigenvalue weighted by Gasteiger charge is 2.22. The Kier molecular flexibility index (Phi) is 8.54. The topological polar surface area (TPSA) is 115 Å². The predicted octanol–water partition coefficient (Wildman–Crippen LogP) is 2.75. The Morgan fingerprint density at radius 1 is 1.12 bits per heavy atom. The molecule has 1 saturated heterocycles. The van der Waals surface area contributed by atoms with Gasteiger partial charge in [0.1, 0.15) is 5.82 Å². The van der Waals surface area contributed by atoms with Crippen LogP contribution in [-0.2, 0) is 11.2 Å². The third kappa shape index (κ3) is 6.61. The lowest BCUT2D eigenvalue weighted by Crippen LogP contribution is -2.45. The minimum atomic E-state index is -0.485. The number of nitrogens with two attached hydrogens (primary N) is 1. The fourth-order valence-electron chi connectivity index (χ4n) is 4.05. The van der Waals surface area contributed by atoms with E-state index in [2.05, 4.69) is 15.2 Å². The Bertz CT molecular complexity index is 982. The normalized spacial score (nSPS) is 14.2. The lowest BCUT2D eigenvalue weighted by atomic mass is 9.97. The molecule has 8 heteroatoms. The maximum Gasteiger partial charge on any atom is 0.251 e. The van der Waals surface area contributed by atoms with Crippen molar-refractivity contribution in [2.75, 3.05) is 31.7 Å². The predicted molar refractivity (Wildman–Crippen MR) is 127 cm³/mol. The zero-order chi connectivity index (χ0) is 23.8. The number of unbranched alkanes of at least 4 members (excludes halogenated alkanes) is 1. The van der Waals surface area contributed by atoms with Crippen LogP contribution in [0.5, 0.6) is 0 Å². The van der Waals surface area contributed by atoms with Gasteiger partial charge in [-0.25, -0.2) is 4.98 Å². The van der Waals surface area contributed by atoms with E-state index in [0.29, 0.717) is 29.7 Å². The van der Waals surface area contributed by atoms with Crippen molar-refractivity contribution in [1.82, 2.24) is 10.3 Å². The number of rotatable bonds is 10. The van der Waals surface area contributed by atoms with Gasteiger partial charge in [-0.3, -0.25) is 14.4 Å². The van der Waals surface area contributed by atoms with Crippen LogP contribution >= 0.6 is 0 Å². The summed E-state index contributed by atoms with van der Waals surface area (Å²) in [7, 11) is 1.66. The smallest absolute Gasteiger partial charge is 0.251 e. The minimum absolute atomic E-state index is 0.00235. The SMILES string of the molecule is COCCCCc1cc(C(=O)NC2CCN(c3ccc(C(C)=O)cn3)CC2)ccc1C(N)=O. The summed E-state index contributed by atoms with van der Waals surface area (Å²) >= 11 is 0. The molecule has 0 saturated carbocycles. The maximum atomic E-state index is 12.9. The summed E-state index contributed by atoms with van der Waals surface area (Å²) in [4.78, 5) is 42.6. The molecule has 2 heterocycles. The number of anilines is 1. The number of aromatic nitrogens is 1. The molecule has 176 valence electrons. The number of carbonyl (C=O) groups is 3. The second-order valence-electron chi connectivity index (χ2n) is 8.38. The van der Waals surface area contributed by atoms with Gasteiger partial charge in [0, 0.05) is 55.7 Å². The number of hydrogen-bond donors (Lipinski definition) is 2. The van der Waals surface area contributed by atoms with Crippen LogP contribution in [0.4, 0.5) is 5.82 Å². The van der Waals surface area contributed by atoms with Crippen molar-refractivity contribution in [1.29, 1.82) is 0 Å². The van der Waals surface area contributed by atoms with Crippen LogP contribution in [0.25, 0.3) is 0 Å². The quantitative estimate of drug-likeness (QED) is 0.423. The molecule has 2 amide bonds. The lowest BCUT2D eigenvalue weighted by molar-refractivity contribution is 0.0928. The standard InChI is InChI=1S/C25H32N4O4/c1-17(30)20-7-9-23(27-16-20)29-12-10-21(11-13-29)28-25(32)19-6-8-22(24(26)31)18(15-19)5-3-4-14-33-2/h6-9,15-16,21H,3-5,10-14H2,1-2H3,(H2,26,31)(H,28,32). The fraction of sp³-hybridized carbons (Fsp3) is 0.440. The number of hydrogen-bond acceptors (Lipinski definition) is 6. The first-order chi connectivity index (χ1) is 15.9. The van der Waals surface area contributed by atoms with E-state index < -0.39 is 5.91 Å². The van der Waals surface area contributed by atoms with Crippen LogP contribution < -0.4 is 16.0 Å². The van der Waals surface area contributed by atoms with Gasteiger partial charge >= 0.3 is 0 Å². The summed E-state index contributed by atoms with van der Waals surface area (Å²) in [6, 6.07) is 8.79. The van der Waals surface area contributed by atoms with Crippen molar-refractivity contribution < 1.29 is 19.1 Å². The number of carbonyl (C=O) groups excluding carboxylic acids is 3. The molecule has 0 radical (unpaired) electrons. The third-order valence-corrected chi connectivity index (χ3v) is 5.99. The van der Waals surface area contributed by atoms with E-state index >= 15 is 0 Å². The summed E-state index contributed by atoms with van der Waals surface area (Å²) in [5.74, 6) is 0.204. The Hall–Kier alpha value is -3.26. The zero-order valence-corrected chi connectivity index (χ0v) is 19.3. The van der Waals surface area contributed by atoms with E-state index in [4.69, 9.17) is 10.5 Å². The molecule has 1 aromatic carbocycles. The van der Waals surface area contributed by atoms with Crippen LogP contribution in [0.2, 0.25) is 0 Å². The van der Waals surface area contributed by atoms with Gasteiger partial charge in [-0.2, -0.15) is 0 Å². The Morgan fingerprint density at radius 2 is 1.85 bits per heavy atom. The van der Waals surface area contributed by atoms with E-state index in [-0.39, 0.29) is 17.7 Å². The number of piperidine rings is 1. The molecule has 1 aliphatic heterocycles. The number of nitrogens with zero attached hydrogens (tertiary/aromatic N) is 2. The summed E-state index contributed by atoms with van der Waals surface area (Å²) in [5, 5.41) is 3.12. The monoisotopic (exact) mass is 452 g/mol. The van der Waals surface area contributed by atoms with Gasteiger partial charge in [-0.15, -0.1) is 0 Å². The van der Waals surface area contributed by atoms with Crippen molar-refractivity contribution in [3.8, 4) is 0 Å². The Morgan fingerprint density at radius 3 is 2.45 bits per heavy atom. The molecule has 0 spiro atoms. The number of amides is 2.